The fourth-order valence-electron chi connectivity index (χ4n) is 5.15. The van der Waals surface area contributed by atoms with Crippen LogP contribution in [0, 0.1) is 0 Å². The molecule has 41 heavy (non-hydrogen) atoms. The van der Waals surface area contributed by atoms with Crippen molar-refractivity contribution >= 4 is 45.8 Å². The average molecular weight is 551 g/mol. The second-order valence-electron chi connectivity index (χ2n) is 10.3. The molecule has 0 unspecified atom stereocenters. The highest BCUT2D eigenvalue weighted by atomic mass is 16.4. The van der Waals surface area contributed by atoms with Gasteiger partial charge in [-0.1, -0.05) is 42.5 Å². The zero-order chi connectivity index (χ0) is 28.5. The number of anilines is 2. The molecule has 3 N–H and O–H groups in total. The molecule has 0 radical (unpaired) electrons. The Labute approximate surface area is 236 Å². The van der Waals surface area contributed by atoms with Gasteiger partial charge in [0, 0.05) is 31.9 Å². The van der Waals surface area contributed by atoms with Gasteiger partial charge in [0.15, 0.2) is 5.58 Å². The summed E-state index contributed by atoms with van der Waals surface area (Å²) in [6.07, 6.45) is 7.28. The number of nitrogens with zero attached hydrogens (tertiary/aromatic N) is 6. The van der Waals surface area contributed by atoms with E-state index in [-0.39, 0.29) is 23.8 Å². The molecule has 1 aliphatic rings. The molecule has 0 saturated carbocycles. The second-order valence-corrected chi connectivity index (χ2v) is 10.3. The Balaban J connectivity index is 1.25. The minimum atomic E-state index is -0.442. The zero-order valence-corrected chi connectivity index (χ0v) is 22.8. The van der Waals surface area contributed by atoms with Gasteiger partial charge < -0.3 is 24.5 Å². The Morgan fingerprint density at radius 2 is 1.98 bits per heavy atom. The SMILES string of the molecule is CN(C)CC=CC(=O)N1CC[C@@H](n2cc(C(=O)Nc3nc4cc(-c5ccccc5)ccc4o3)c3c(N)ncnc32)C1. The number of fused-ring (bicyclic) bond motifs is 2. The van der Waals surface area contributed by atoms with Gasteiger partial charge in [-0.25, -0.2) is 9.97 Å². The number of amides is 2. The molecule has 0 spiro atoms. The molecule has 2 amide bonds. The van der Waals surface area contributed by atoms with Gasteiger partial charge in [0.1, 0.15) is 23.3 Å². The summed E-state index contributed by atoms with van der Waals surface area (Å²) < 4.78 is 7.74. The van der Waals surface area contributed by atoms with Crippen LogP contribution in [0.3, 0.4) is 0 Å². The van der Waals surface area contributed by atoms with Gasteiger partial charge in [-0.05, 0) is 43.8 Å². The van der Waals surface area contributed by atoms with Crippen LogP contribution in [-0.4, -0.2) is 74.9 Å². The lowest BCUT2D eigenvalue weighted by Gasteiger charge is -2.16. The quantitative estimate of drug-likeness (QED) is 0.291. The first kappa shape index (κ1) is 26.2. The van der Waals surface area contributed by atoms with E-state index in [0.717, 1.165) is 17.5 Å². The van der Waals surface area contributed by atoms with Crippen molar-refractivity contribution in [1.82, 2.24) is 29.3 Å². The lowest BCUT2D eigenvalue weighted by molar-refractivity contribution is -0.125. The third kappa shape index (κ3) is 5.27. The average Bonchev–Trinajstić information content (AvgIpc) is 3.70. The third-order valence-electron chi connectivity index (χ3n) is 7.20. The highest BCUT2D eigenvalue weighted by Gasteiger charge is 2.30. The van der Waals surface area contributed by atoms with Crippen molar-refractivity contribution in [2.45, 2.75) is 12.5 Å². The number of likely N-dealkylation sites (N-methyl/N-ethyl adjacent to an activating group) is 1. The fraction of sp³-hybridized carbons (Fsp3) is 0.233. The first-order valence-electron chi connectivity index (χ1n) is 13.4. The highest BCUT2D eigenvalue weighted by molar-refractivity contribution is 6.14. The number of oxazole rings is 1. The number of carbonyl (C=O) groups excluding carboxylic acids is 2. The molecule has 11 heteroatoms. The van der Waals surface area contributed by atoms with Gasteiger partial charge in [-0.15, -0.1) is 0 Å². The van der Waals surface area contributed by atoms with Crippen LogP contribution in [0.2, 0.25) is 0 Å². The van der Waals surface area contributed by atoms with E-state index in [0.29, 0.717) is 47.3 Å². The molecule has 11 nitrogen and oxygen atoms in total. The van der Waals surface area contributed by atoms with Gasteiger partial charge in [-0.2, -0.15) is 4.98 Å². The predicted octanol–water partition coefficient (Wildman–Crippen LogP) is 3.97. The first-order valence-corrected chi connectivity index (χ1v) is 13.4. The lowest BCUT2D eigenvalue weighted by atomic mass is 10.1. The van der Waals surface area contributed by atoms with Crippen LogP contribution in [0.15, 0.2) is 77.6 Å². The summed E-state index contributed by atoms with van der Waals surface area (Å²) in [6, 6.07) is 15.7. The Bertz CT molecular complexity index is 1770. The molecule has 1 atom stereocenters. The Kier molecular flexibility index (Phi) is 6.94. The number of nitrogen functional groups attached to an aromatic ring is 1. The van der Waals surface area contributed by atoms with Gasteiger partial charge in [0.2, 0.25) is 5.91 Å². The normalized spacial score (nSPS) is 15.5. The number of rotatable bonds is 7. The highest BCUT2D eigenvalue weighted by Crippen LogP contribution is 2.32. The number of nitrogens with two attached hydrogens (primary N) is 1. The minimum Gasteiger partial charge on any atom is -0.423 e. The number of carbonyl (C=O) groups is 2. The molecule has 0 aliphatic carbocycles. The number of hydrogen-bond acceptors (Lipinski definition) is 8. The molecule has 0 bridgehead atoms. The summed E-state index contributed by atoms with van der Waals surface area (Å²) in [6.45, 7) is 1.79. The second kappa shape index (κ2) is 10.9. The van der Waals surface area contributed by atoms with Crippen molar-refractivity contribution in [2.24, 2.45) is 0 Å². The smallest absolute Gasteiger partial charge is 0.302 e. The Morgan fingerprint density at radius 1 is 1.15 bits per heavy atom. The summed E-state index contributed by atoms with van der Waals surface area (Å²) in [5.74, 6) is -0.284. The number of nitrogens with one attached hydrogen (secondary N) is 1. The van der Waals surface area contributed by atoms with Crippen molar-refractivity contribution in [3.05, 3.63) is 78.8 Å². The summed E-state index contributed by atoms with van der Waals surface area (Å²) >= 11 is 0. The van der Waals surface area contributed by atoms with E-state index in [1.807, 2.05) is 78.2 Å². The molecule has 208 valence electrons. The van der Waals surface area contributed by atoms with Gasteiger partial charge in [0.25, 0.3) is 5.91 Å². The van der Waals surface area contributed by atoms with Crippen LogP contribution in [-0.2, 0) is 4.79 Å². The summed E-state index contributed by atoms with van der Waals surface area (Å²) in [7, 11) is 3.90. The molecule has 4 heterocycles. The maximum Gasteiger partial charge on any atom is 0.302 e. The molecular formula is C30H30N8O3. The number of benzene rings is 2. The van der Waals surface area contributed by atoms with Crippen LogP contribution in [0.5, 0.6) is 0 Å². The number of aromatic nitrogens is 4. The van der Waals surface area contributed by atoms with Crippen LogP contribution in [0.25, 0.3) is 33.3 Å². The van der Waals surface area contributed by atoms with Gasteiger partial charge in [-0.3, -0.25) is 14.9 Å². The molecule has 2 aromatic carbocycles. The molecule has 3 aromatic heterocycles. The zero-order valence-electron chi connectivity index (χ0n) is 22.8. The molecule has 1 fully saturated rings. The van der Waals surface area contributed by atoms with Crippen molar-refractivity contribution in [1.29, 1.82) is 0 Å². The van der Waals surface area contributed by atoms with Crippen LogP contribution in [0.1, 0.15) is 22.8 Å². The van der Waals surface area contributed by atoms with E-state index in [1.54, 1.807) is 17.2 Å². The summed E-state index contributed by atoms with van der Waals surface area (Å²) in [5.41, 5.74) is 10.3. The van der Waals surface area contributed by atoms with E-state index in [2.05, 4.69) is 20.3 Å². The van der Waals surface area contributed by atoms with Gasteiger partial charge >= 0.3 is 6.01 Å². The fourth-order valence-corrected chi connectivity index (χ4v) is 5.15. The topological polar surface area (TPSA) is 135 Å². The van der Waals surface area contributed by atoms with Crippen molar-refractivity contribution in [3.63, 3.8) is 0 Å². The van der Waals surface area contributed by atoms with Crippen molar-refractivity contribution in [2.75, 3.05) is 44.8 Å². The standard InChI is InChI=1S/C30H30N8O3/c1-36(2)13-6-9-25(39)37-14-12-21(16-37)38-17-22(26-27(31)32-18-33-28(26)38)29(40)35-30-34-23-15-20(10-11-24(23)41-30)19-7-4-3-5-8-19/h3-11,15,17-18,21H,12-14,16H2,1-2H3,(H2,31,32,33)(H,34,35,40)/t21-/m1/s1. The monoisotopic (exact) mass is 550 g/mol. The minimum absolute atomic E-state index is 0.0377. The summed E-state index contributed by atoms with van der Waals surface area (Å²) in [4.78, 5) is 43.0. The third-order valence-corrected chi connectivity index (χ3v) is 7.20. The van der Waals surface area contributed by atoms with Gasteiger partial charge in [0.05, 0.1) is 17.0 Å². The molecule has 1 saturated heterocycles. The number of hydrogen-bond donors (Lipinski definition) is 2. The molecular weight excluding hydrogens is 520 g/mol. The Morgan fingerprint density at radius 3 is 2.78 bits per heavy atom. The van der Waals surface area contributed by atoms with E-state index >= 15 is 0 Å². The van der Waals surface area contributed by atoms with E-state index < -0.39 is 5.91 Å². The summed E-state index contributed by atoms with van der Waals surface area (Å²) in [5, 5.41) is 3.22. The first-order chi connectivity index (χ1) is 19.9. The van der Waals surface area contributed by atoms with Crippen molar-refractivity contribution < 1.29 is 14.0 Å². The van der Waals surface area contributed by atoms with E-state index in [9.17, 15) is 9.59 Å². The lowest BCUT2D eigenvalue weighted by Crippen LogP contribution is -2.27. The van der Waals surface area contributed by atoms with Crippen LogP contribution < -0.4 is 11.1 Å². The molecule has 6 rings (SSSR count). The van der Waals surface area contributed by atoms with E-state index in [1.165, 1.54) is 6.33 Å². The Hall–Kier alpha value is -5.03. The predicted molar refractivity (Wildman–Crippen MR) is 157 cm³/mol. The largest absolute Gasteiger partial charge is 0.423 e. The van der Waals surface area contributed by atoms with Crippen LogP contribution >= 0.6 is 0 Å². The number of likely N-dealkylation sites (tertiary alicyclic amines) is 1. The van der Waals surface area contributed by atoms with E-state index in [4.69, 9.17) is 10.2 Å². The van der Waals surface area contributed by atoms with Crippen LogP contribution in [0.4, 0.5) is 11.8 Å². The molecule has 1 aliphatic heterocycles. The maximum absolute atomic E-state index is 13.5. The molecule has 5 aromatic rings. The van der Waals surface area contributed by atoms with Crippen molar-refractivity contribution in [3.8, 4) is 11.1 Å². The maximum atomic E-state index is 13.5.